The highest BCUT2D eigenvalue weighted by molar-refractivity contribution is 7.89. The minimum atomic E-state index is -3.77. The minimum absolute atomic E-state index is 0.0487. The topological polar surface area (TPSA) is 131 Å². The molecule has 144 valence electrons. The maximum atomic E-state index is 12.2. The second-order valence-electron chi connectivity index (χ2n) is 5.79. The van der Waals surface area contributed by atoms with E-state index in [-0.39, 0.29) is 37.5 Å². The molecule has 1 fully saturated rings. The first-order valence-corrected chi connectivity index (χ1v) is 9.62. The Kier molecular flexibility index (Phi) is 6.57. The first-order valence-electron chi connectivity index (χ1n) is 8.14. The summed E-state index contributed by atoms with van der Waals surface area (Å²) in [5.41, 5.74) is -1.44. The number of rotatable bonds is 9. The highest BCUT2D eigenvalue weighted by Gasteiger charge is 2.43. The molecule has 1 aromatic carbocycles. The van der Waals surface area contributed by atoms with Crippen molar-refractivity contribution in [3.63, 3.8) is 0 Å². The summed E-state index contributed by atoms with van der Waals surface area (Å²) in [4.78, 5) is 23.3. The van der Waals surface area contributed by atoms with E-state index in [0.29, 0.717) is 12.4 Å². The average Bonchev–Trinajstić information content (AvgIpc) is 3.05. The third-order valence-electron chi connectivity index (χ3n) is 3.90. The summed E-state index contributed by atoms with van der Waals surface area (Å²) in [6.07, 6.45) is -0.0166. The van der Waals surface area contributed by atoms with E-state index in [9.17, 15) is 23.1 Å². The minimum Gasteiger partial charge on any atom is -0.494 e. The van der Waals surface area contributed by atoms with Crippen LogP contribution in [0.2, 0.25) is 0 Å². The highest BCUT2D eigenvalue weighted by atomic mass is 32.2. The molecule has 0 aliphatic carbocycles. The molecule has 10 heteroatoms. The molecule has 1 amide bonds. The van der Waals surface area contributed by atoms with Gasteiger partial charge in [0.25, 0.3) is 0 Å². The van der Waals surface area contributed by atoms with E-state index in [0.717, 1.165) is 0 Å². The predicted octanol–water partition coefficient (Wildman–Crippen LogP) is 0.114. The smallest absolute Gasteiger partial charge is 0.331 e. The molecular weight excluding hydrogens is 364 g/mol. The van der Waals surface area contributed by atoms with Gasteiger partial charge in [-0.1, -0.05) is 0 Å². The molecule has 26 heavy (non-hydrogen) atoms. The Labute approximate surface area is 151 Å². The van der Waals surface area contributed by atoms with Gasteiger partial charge in [-0.25, -0.2) is 17.9 Å². The fourth-order valence-corrected chi connectivity index (χ4v) is 3.51. The van der Waals surface area contributed by atoms with Gasteiger partial charge in [-0.05, 0) is 31.2 Å². The standard InChI is InChI=1S/C16H22N2O7S/c1-2-25-12-3-5-13(6-4-12)26(22,23)17-9-7-14(19)18-16(15(20)21)8-10-24-11-16/h3-6,17H,2,7-11H2,1H3,(H,18,19)(H,20,21). The molecule has 0 bridgehead atoms. The Morgan fingerprint density at radius 3 is 2.54 bits per heavy atom. The number of hydrogen-bond acceptors (Lipinski definition) is 6. The van der Waals surface area contributed by atoms with E-state index < -0.39 is 27.4 Å². The van der Waals surface area contributed by atoms with Crippen molar-refractivity contribution in [2.45, 2.75) is 30.2 Å². The Morgan fingerprint density at radius 1 is 1.31 bits per heavy atom. The lowest BCUT2D eigenvalue weighted by Gasteiger charge is -2.23. The first-order chi connectivity index (χ1) is 12.3. The van der Waals surface area contributed by atoms with Crippen LogP contribution in [-0.4, -0.2) is 57.3 Å². The number of aliphatic carboxylic acids is 1. The number of hydrogen-bond donors (Lipinski definition) is 3. The lowest BCUT2D eigenvalue weighted by molar-refractivity contribution is -0.147. The number of carbonyl (C=O) groups is 2. The summed E-state index contributed by atoms with van der Waals surface area (Å²) in [6.45, 7) is 2.28. The normalized spacial score (nSPS) is 19.9. The van der Waals surface area contributed by atoms with E-state index >= 15 is 0 Å². The van der Waals surface area contributed by atoms with Crippen molar-refractivity contribution in [3.05, 3.63) is 24.3 Å². The third-order valence-corrected chi connectivity index (χ3v) is 5.38. The SMILES string of the molecule is CCOc1ccc(S(=O)(=O)NCCC(=O)NC2(C(=O)O)CCOC2)cc1. The van der Waals surface area contributed by atoms with Gasteiger partial charge < -0.3 is 19.9 Å². The van der Waals surface area contributed by atoms with Gasteiger partial charge in [0.1, 0.15) is 5.75 Å². The Morgan fingerprint density at radius 2 is 2.00 bits per heavy atom. The van der Waals surface area contributed by atoms with Gasteiger partial charge in [-0.2, -0.15) is 0 Å². The molecule has 2 rings (SSSR count). The summed E-state index contributed by atoms with van der Waals surface area (Å²) >= 11 is 0. The zero-order chi connectivity index (χ0) is 19.2. The van der Waals surface area contributed by atoms with Crippen molar-refractivity contribution in [1.29, 1.82) is 0 Å². The van der Waals surface area contributed by atoms with Gasteiger partial charge in [-0.3, -0.25) is 4.79 Å². The molecule has 1 heterocycles. The molecular formula is C16H22N2O7S. The number of benzene rings is 1. The molecule has 1 aliphatic rings. The van der Waals surface area contributed by atoms with Gasteiger partial charge >= 0.3 is 5.97 Å². The van der Waals surface area contributed by atoms with Crippen LogP contribution >= 0.6 is 0 Å². The largest absolute Gasteiger partial charge is 0.494 e. The molecule has 1 aromatic rings. The van der Waals surface area contributed by atoms with E-state index in [2.05, 4.69) is 10.0 Å². The molecule has 0 radical (unpaired) electrons. The van der Waals surface area contributed by atoms with Crippen molar-refractivity contribution < 1.29 is 32.6 Å². The van der Waals surface area contributed by atoms with Crippen LogP contribution in [-0.2, 0) is 24.3 Å². The monoisotopic (exact) mass is 386 g/mol. The quantitative estimate of drug-likeness (QED) is 0.549. The summed E-state index contributed by atoms with van der Waals surface area (Å²) < 4.78 is 37.0. The summed E-state index contributed by atoms with van der Waals surface area (Å²) in [5, 5.41) is 11.7. The van der Waals surface area contributed by atoms with E-state index in [1.807, 2.05) is 6.92 Å². The second-order valence-corrected chi connectivity index (χ2v) is 7.56. The summed E-state index contributed by atoms with van der Waals surface area (Å²) in [6, 6.07) is 5.90. The molecule has 0 saturated carbocycles. The van der Waals surface area contributed by atoms with Crippen molar-refractivity contribution in [2.75, 3.05) is 26.4 Å². The van der Waals surface area contributed by atoms with Crippen LogP contribution in [0.15, 0.2) is 29.2 Å². The molecule has 0 spiro atoms. The van der Waals surface area contributed by atoms with Crippen molar-refractivity contribution in [3.8, 4) is 5.75 Å². The number of carboxylic acid groups (broad SMARTS) is 1. The van der Waals surface area contributed by atoms with Crippen LogP contribution in [0.5, 0.6) is 5.75 Å². The molecule has 1 aliphatic heterocycles. The maximum absolute atomic E-state index is 12.2. The number of carbonyl (C=O) groups excluding carboxylic acids is 1. The Hall–Kier alpha value is -2.17. The summed E-state index contributed by atoms with van der Waals surface area (Å²) in [7, 11) is -3.77. The lowest BCUT2D eigenvalue weighted by Crippen LogP contribution is -2.55. The molecule has 9 nitrogen and oxygen atoms in total. The third kappa shape index (κ3) is 4.93. The zero-order valence-corrected chi connectivity index (χ0v) is 15.2. The van der Waals surface area contributed by atoms with Crippen LogP contribution in [0.3, 0.4) is 0 Å². The molecule has 1 saturated heterocycles. The molecule has 1 atom stereocenters. The van der Waals surface area contributed by atoms with E-state index in [1.54, 1.807) is 12.1 Å². The van der Waals surface area contributed by atoms with Crippen molar-refractivity contribution in [1.82, 2.24) is 10.0 Å². The van der Waals surface area contributed by atoms with Gasteiger partial charge in [0.05, 0.1) is 18.1 Å². The Balaban J connectivity index is 1.87. The summed E-state index contributed by atoms with van der Waals surface area (Å²) in [5.74, 6) is -1.17. The van der Waals surface area contributed by atoms with Crippen LogP contribution in [0, 0.1) is 0 Å². The van der Waals surface area contributed by atoms with Gasteiger partial charge in [0.15, 0.2) is 5.54 Å². The molecule has 0 aromatic heterocycles. The molecule has 3 N–H and O–H groups in total. The fraction of sp³-hybridized carbons (Fsp3) is 0.500. The lowest BCUT2D eigenvalue weighted by atomic mass is 9.99. The van der Waals surface area contributed by atoms with Crippen LogP contribution in [0.1, 0.15) is 19.8 Å². The number of carboxylic acids is 1. The second kappa shape index (κ2) is 8.47. The number of ether oxygens (including phenoxy) is 2. The van der Waals surface area contributed by atoms with Crippen LogP contribution in [0.25, 0.3) is 0 Å². The maximum Gasteiger partial charge on any atom is 0.331 e. The van der Waals surface area contributed by atoms with Gasteiger partial charge in [0, 0.05) is 26.0 Å². The Bertz CT molecular complexity index is 740. The van der Waals surface area contributed by atoms with Crippen molar-refractivity contribution >= 4 is 21.9 Å². The number of sulfonamides is 1. The predicted molar refractivity (Wildman–Crippen MR) is 91.4 cm³/mol. The number of amides is 1. The first kappa shape index (κ1) is 20.1. The van der Waals surface area contributed by atoms with Crippen LogP contribution in [0.4, 0.5) is 0 Å². The van der Waals surface area contributed by atoms with Gasteiger partial charge in [0.2, 0.25) is 15.9 Å². The average molecular weight is 386 g/mol. The zero-order valence-electron chi connectivity index (χ0n) is 14.4. The highest BCUT2D eigenvalue weighted by Crippen LogP contribution is 2.19. The fourth-order valence-electron chi connectivity index (χ4n) is 2.48. The van der Waals surface area contributed by atoms with E-state index in [4.69, 9.17) is 9.47 Å². The number of nitrogens with one attached hydrogen (secondary N) is 2. The van der Waals surface area contributed by atoms with Gasteiger partial charge in [-0.15, -0.1) is 0 Å². The molecule has 1 unspecified atom stereocenters. The van der Waals surface area contributed by atoms with Crippen LogP contribution < -0.4 is 14.8 Å². The van der Waals surface area contributed by atoms with E-state index in [1.165, 1.54) is 12.1 Å². The van der Waals surface area contributed by atoms with Crippen molar-refractivity contribution in [2.24, 2.45) is 0 Å².